The molecule has 5 heteroatoms. The first-order chi connectivity index (χ1) is 11.8. The van der Waals surface area contributed by atoms with Crippen LogP contribution in [0.15, 0.2) is 54.6 Å². The normalized spacial score (nSPS) is 28.7. The van der Waals surface area contributed by atoms with Crippen LogP contribution in [0, 0.1) is 5.92 Å². The summed E-state index contributed by atoms with van der Waals surface area (Å²) in [5.74, 6) is -0.900. The van der Waals surface area contributed by atoms with E-state index in [9.17, 15) is 9.59 Å². The summed E-state index contributed by atoms with van der Waals surface area (Å²) in [5.41, 5.74) is 2.95. The van der Waals surface area contributed by atoms with E-state index < -0.39 is 12.0 Å². The summed E-state index contributed by atoms with van der Waals surface area (Å²) in [5, 5.41) is 1.83. The molecule has 0 N–H and O–H groups in total. The summed E-state index contributed by atoms with van der Waals surface area (Å²) < 4.78 is 0. The number of hydrogen-bond donors (Lipinski definition) is 0. The lowest BCUT2D eigenvalue weighted by Gasteiger charge is -2.32. The van der Waals surface area contributed by atoms with Crippen LogP contribution in [0.1, 0.15) is 17.2 Å². The number of benzene rings is 2. The molecule has 0 aromatic heterocycles. The quantitative estimate of drug-likeness (QED) is 0.755. The van der Waals surface area contributed by atoms with Gasteiger partial charge in [0, 0.05) is 6.54 Å². The molecule has 3 atom stereocenters. The van der Waals surface area contributed by atoms with Gasteiger partial charge in [0.15, 0.2) is 6.10 Å². The Labute approximate surface area is 139 Å². The van der Waals surface area contributed by atoms with Gasteiger partial charge in [0.2, 0.25) is 5.91 Å². The first-order valence-electron chi connectivity index (χ1n) is 8.20. The molecule has 2 fully saturated rings. The van der Waals surface area contributed by atoms with Crippen molar-refractivity contribution in [2.45, 2.75) is 18.6 Å². The minimum atomic E-state index is -0.714. The van der Waals surface area contributed by atoms with Crippen LogP contribution in [-0.4, -0.2) is 29.5 Å². The smallest absolute Gasteiger partial charge is 0.265 e. The number of fused-ring (bicyclic) bond motifs is 5. The van der Waals surface area contributed by atoms with Gasteiger partial charge in [-0.3, -0.25) is 14.4 Å². The SMILES string of the molecule is O=C1[C@H]2[C@@H](ON3CCc4ccccc4[C@@H]23)C(=O)N1c1ccccc1. The molecule has 5 rings (SSSR count). The topological polar surface area (TPSA) is 49.9 Å². The van der Waals surface area contributed by atoms with Crippen molar-refractivity contribution in [3.05, 3.63) is 65.7 Å². The third-order valence-corrected chi connectivity index (χ3v) is 5.18. The van der Waals surface area contributed by atoms with Crippen LogP contribution in [0.2, 0.25) is 0 Å². The fourth-order valence-corrected chi connectivity index (χ4v) is 4.12. The van der Waals surface area contributed by atoms with Gasteiger partial charge in [-0.1, -0.05) is 42.5 Å². The predicted molar refractivity (Wildman–Crippen MR) is 86.9 cm³/mol. The van der Waals surface area contributed by atoms with E-state index in [2.05, 4.69) is 6.07 Å². The molecule has 2 saturated heterocycles. The van der Waals surface area contributed by atoms with Crippen LogP contribution in [0.25, 0.3) is 0 Å². The Morgan fingerprint density at radius 3 is 2.50 bits per heavy atom. The van der Waals surface area contributed by atoms with Crippen LogP contribution in [0.5, 0.6) is 0 Å². The molecule has 2 aromatic rings. The fraction of sp³-hybridized carbons (Fsp3) is 0.263. The van der Waals surface area contributed by atoms with Gasteiger partial charge in [-0.2, -0.15) is 5.06 Å². The standard InChI is InChI=1S/C19H16N2O3/c22-18-15-16-14-9-5-4-6-12(14)10-11-20(16)24-17(15)19(23)21(18)13-7-2-1-3-8-13/h1-9,15-17H,10-11H2/t15-,16+,17-/m1/s1. The van der Waals surface area contributed by atoms with Crippen LogP contribution in [0.3, 0.4) is 0 Å². The molecule has 3 aliphatic heterocycles. The van der Waals surface area contributed by atoms with E-state index in [4.69, 9.17) is 4.84 Å². The van der Waals surface area contributed by atoms with Gasteiger partial charge in [-0.05, 0) is 29.7 Å². The Morgan fingerprint density at radius 2 is 1.67 bits per heavy atom. The molecule has 3 heterocycles. The van der Waals surface area contributed by atoms with Crippen molar-refractivity contribution in [1.29, 1.82) is 0 Å². The minimum absolute atomic E-state index is 0.166. The van der Waals surface area contributed by atoms with Crippen LogP contribution < -0.4 is 4.90 Å². The summed E-state index contributed by atoms with van der Waals surface area (Å²) in [4.78, 5) is 33.1. The lowest BCUT2D eigenvalue weighted by Crippen LogP contribution is -2.39. The molecule has 2 amide bonds. The molecule has 0 bridgehead atoms. The Balaban J connectivity index is 1.58. The summed E-state index contributed by atoms with van der Waals surface area (Å²) in [6.07, 6.45) is 0.158. The number of anilines is 1. The van der Waals surface area contributed by atoms with Gasteiger partial charge >= 0.3 is 0 Å². The highest BCUT2D eigenvalue weighted by Crippen LogP contribution is 2.48. The van der Waals surface area contributed by atoms with Crippen molar-refractivity contribution in [1.82, 2.24) is 5.06 Å². The second kappa shape index (κ2) is 5.00. The van der Waals surface area contributed by atoms with E-state index in [-0.39, 0.29) is 17.9 Å². The fourth-order valence-electron chi connectivity index (χ4n) is 4.12. The third kappa shape index (κ3) is 1.76. The summed E-state index contributed by atoms with van der Waals surface area (Å²) in [6, 6.07) is 17.0. The molecule has 0 radical (unpaired) electrons. The lowest BCUT2D eigenvalue weighted by molar-refractivity contribution is -0.174. The van der Waals surface area contributed by atoms with Crippen molar-refractivity contribution in [3.8, 4) is 0 Å². The largest absolute Gasteiger partial charge is 0.284 e. The molecule has 24 heavy (non-hydrogen) atoms. The highest BCUT2D eigenvalue weighted by atomic mass is 16.7. The molecule has 120 valence electrons. The van der Waals surface area contributed by atoms with Crippen LogP contribution in [0.4, 0.5) is 5.69 Å². The maximum Gasteiger partial charge on any atom is 0.265 e. The van der Waals surface area contributed by atoms with Crippen molar-refractivity contribution in [2.75, 3.05) is 11.4 Å². The van der Waals surface area contributed by atoms with Crippen LogP contribution in [-0.2, 0) is 20.8 Å². The number of nitrogens with zero attached hydrogens (tertiary/aromatic N) is 2. The molecule has 2 aromatic carbocycles. The Morgan fingerprint density at radius 1 is 0.917 bits per heavy atom. The zero-order valence-corrected chi connectivity index (χ0v) is 13.0. The van der Waals surface area contributed by atoms with Gasteiger partial charge in [-0.15, -0.1) is 0 Å². The van der Waals surface area contributed by atoms with Crippen LogP contribution >= 0.6 is 0 Å². The van der Waals surface area contributed by atoms with Crippen molar-refractivity contribution < 1.29 is 14.4 Å². The highest BCUT2D eigenvalue weighted by Gasteiger charge is 2.60. The highest BCUT2D eigenvalue weighted by molar-refractivity contribution is 6.23. The molecule has 0 aliphatic carbocycles. The summed E-state index contributed by atoms with van der Waals surface area (Å²) >= 11 is 0. The Bertz CT molecular complexity index is 836. The van der Waals surface area contributed by atoms with E-state index in [0.717, 1.165) is 12.0 Å². The van der Waals surface area contributed by atoms with E-state index in [0.29, 0.717) is 12.2 Å². The molecular formula is C19H16N2O3. The molecule has 0 spiro atoms. The Hall–Kier alpha value is -2.50. The maximum absolute atomic E-state index is 13.1. The second-order valence-electron chi connectivity index (χ2n) is 6.43. The molecule has 5 nitrogen and oxygen atoms in total. The summed E-state index contributed by atoms with van der Waals surface area (Å²) in [7, 11) is 0. The number of carbonyl (C=O) groups is 2. The van der Waals surface area contributed by atoms with E-state index in [1.54, 1.807) is 12.1 Å². The van der Waals surface area contributed by atoms with Gasteiger partial charge in [0.1, 0.15) is 0 Å². The number of rotatable bonds is 1. The maximum atomic E-state index is 13.1. The number of amides is 2. The van der Waals surface area contributed by atoms with Crippen molar-refractivity contribution in [3.63, 3.8) is 0 Å². The minimum Gasteiger partial charge on any atom is -0.284 e. The number of hydrogen-bond acceptors (Lipinski definition) is 4. The zero-order chi connectivity index (χ0) is 16.3. The number of hydroxylamine groups is 2. The van der Waals surface area contributed by atoms with Gasteiger partial charge < -0.3 is 0 Å². The molecular weight excluding hydrogens is 304 g/mol. The average molecular weight is 320 g/mol. The second-order valence-corrected chi connectivity index (χ2v) is 6.43. The van der Waals surface area contributed by atoms with Gasteiger partial charge in [-0.25, -0.2) is 4.90 Å². The average Bonchev–Trinajstić information content (AvgIpc) is 3.12. The third-order valence-electron chi connectivity index (χ3n) is 5.18. The van der Waals surface area contributed by atoms with Gasteiger partial charge in [0.05, 0.1) is 17.6 Å². The number of carbonyl (C=O) groups excluding carboxylic acids is 2. The van der Waals surface area contributed by atoms with E-state index >= 15 is 0 Å². The van der Waals surface area contributed by atoms with Crippen molar-refractivity contribution >= 4 is 17.5 Å². The first-order valence-corrected chi connectivity index (χ1v) is 8.20. The Kier molecular flexibility index (Phi) is 2.89. The lowest BCUT2D eigenvalue weighted by atomic mass is 9.85. The molecule has 0 unspecified atom stereocenters. The first kappa shape index (κ1) is 13.9. The predicted octanol–water partition coefficient (Wildman–Crippen LogP) is 2.09. The monoisotopic (exact) mass is 320 g/mol. The number of para-hydroxylation sites is 1. The van der Waals surface area contributed by atoms with Gasteiger partial charge in [0.25, 0.3) is 5.91 Å². The van der Waals surface area contributed by atoms with Crippen molar-refractivity contribution in [2.24, 2.45) is 5.92 Å². The zero-order valence-electron chi connectivity index (χ0n) is 13.0. The summed E-state index contributed by atoms with van der Waals surface area (Å²) in [6.45, 7) is 0.709. The van der Waals surface area contributed by atoms with E-state index in [1.165, 1.54) is 10.5 Å². The number of imide groups is 1. The van der Waals surface area contributed by atoms with E-state index in [1.807, 2.05) is 41.5 Å². The molecule has 3 aliphatic rings. The molecule has 0 saturated carbocycles.